The summed E-state index contributed by atoms with van der Waals surface area (Å²) >= 11 is 0. The van der Waals surface area contributed by atoms with Gasteiger partial charge in [0, 0.05) is 36.1 Å². The summed E-state index contributed by atoms with van der Waals surface area (Å²) in [7, 11) is 0. The molecule has 3 atom stereocenters. The molecule has 6 rings (SSSR count). The van der Waals surface area contributed by atoms with E-state index in [1.165, 1.54) is 35.5 Å². The van der Waals surface area contributed by atoms with Gasteiger partial charge in [-0.25, -0.2) is 24.2 Å². The lowest BCUT2D eigenvalue weighted by molar-refractivity contribution is -0.138. The number of hydrogen-bond acceptors (Lipinski definition) is 6. The Balaban J connectivity index is 1.16. The fraction of sp³-hybridized carbons (Fsp3) is 0.281. The number of halogens is 6. The zero-order valence-electron chi connectivity index (χ0n) is 25.7. The van der Waals surface area contributed by atoms with E-state index in [0.29, 0.717) is 35.4 Å². The average Bonchev–Trinajstić information content (AvgIpc) is 3.67. The van der Waals surface area contributed by atoms with Crippen molar-refractivity contribution in [1.29, 1.82) is 0 Å². The molecule has 0 radical (unpaired) electrons. The van der Waals surface area contributed by atoms with E-state index in [2.05, 4.69) is 25.9 Å². The third-order valence-electron chi connectivity index (χ3n) is 8.30. The number of benzene rings is 2. The van der Waals surface area contributed by atoms with Gasteiger partial charge in [-0.2, -0.15) is 31.4 Å². The van der Waals surface area contributed by atoms with Crippen LogP contribution < -0.4 is 21.7 Å². The van der Waals surface area contributed by atoms with E-state index < -0.39 is 35.5 Å². The van der Waals surface area contributed by atoms with Gasteiger partial charge in [0.15, 0.2) is 5.65 Å². The van der Waals surface area contributed by atoms with Gasteiger partial charge in [0.2, 0.25) is 0 Å². The summed E-state index contributed by atoms with van der Waals surface area (Å²) in [4.78, 5) is 35.6. The van der Waals surface area contributed by atoms with Gasteiger partial charge in [0.25, 0.3) is 0 Å². The zero-order valence-corrected chi connectivity index (χ0v) is 25.7. The fourth-order valence-electron chi connectivity index (χ4n) is 5.93. The Morgan fingerprint density at radius 2 is 1.57 bits per heavy atom. The smallest absolute Gasteiger partial charge is 0.383 e. The zero-order chi connectivity index (χ0) is 35.1. The molecule has 2 aliphatic rings. The quantitative estimate of drug-likeness (QED) is 0.168. The van der Waals surface area contributed by atoms with Crippen molar-refractivity contribution >= 4 is 40.3 Å². The number of likely N-dealkylation sites (tertiary alicyclic amines) is 1. The van der Waals surface area contributed by atoms with Crippen LogP contribution in [0, 0.1) is 5.92 Å². The number of aromatic nitrogens is 4. The highest BCUT2D eigenvalue weighted by Gasteiger charge is 2.35. The van der Waals surface area contributed by atoms with Crippen LogP contribution in [0.25, 0.3) is 11.0 Å². The molecule has 17 heteroatoms. The lowest BCUT2D eigenvalue weighted by Gasteiger charge is -2.22. The minimum absolute atomic E-state index is 0.0174. The van der Waals surface area contributed by atoms with E-state index in [1.807, 2.05) is 13.0 Å². The summed E-state index contributed by atoms with van der Waals surface area (Å²) in [6.45, 7) is 2.41. The summed E-state index contributed by atoms with van der Waals surface area (Å²) in [6.07, 6.45) is -2.08. The molecule has 1 fully saturated rings. The Morgan fingerprint density at radius 1 is 0.918 bits per heavy atom. The van der Waals surface area contributed by atoms with Gasteiger partial charge < -0.3 is 26.6 Å². The predicted octanol–water partition coefficient (Wildman–Crippen LogP) is 6.92. The average molecular weight is 686 g/mol. The summed E-state index contributed by atoms with van der Waals surface area (Å²) in [6, 6.07) is 7.07. The van der Waals surface area contributed by atoms with E-state index >= 15 is 0 Å². The van der Waals surface area contributed by atoms with Gasteiger partial charge in [-0.15, -0.1) is 0 Å². The van der Waals surface area contributed by atoms with Crippen LogP contribution in [0.5, 0.6) is 0 Å². The number of allylic oxidation sites excluding steroid dienone is 3. The molecule has 1 saturated heterocycles. The third kappa shape index (κ3) is 7.14. The lowest BCUT2D eigenvalue weighted by Crippen LogP contribution is -2.33. The van der Waals surface area contributed by atoms with Crippen LogP contribution in [0.15, 0.2) is 78.8 Å². The molecule has 256 valence electrons. The Bertz CT molecular complexity index is 1970. The largest absolute Gasteiger partial charge is 0.416 e. The molecule has 4 amide bonds. The second kappa shape index (κ2) is 12.8. The first-order chi connectivity index (χ1) is 23.2. The maximum Gasteiger partial charge on any atom is 0.416 e. The number of anilines is 3. The number of nitrogens with zero attached hydrogens (tertiary/aromatic N) is 5. The fourth-order valence-corrected chi connectivity index (χ4v) is 5.93. The SMILES string of the molecule is CC1C=C(NC(=O)Nc2cccc(C(F)(F)F)c2)C=CC1c1nn([C@H]2CCN(C(=O)Nc3cccc(C(F)(F)F)c3)C2)c2ncnc(N)c12. The molecule has 49 heavy (non-hydrogen) atoms. The van der Waals surface area contributed by atoms with Crippen LogP contribution in [-0.2, 0) is 12.4 Å². The van der Waals surface area contributed by atoms with Crippen LogP contribution in [0.2, 0.25) is 0 Å². The third-order valence-corrected chi connectivity index (χ3v) is 8.30. The van der Waals surface area contributed by atoms with Crippen LogP contribution in [-0.4, -0.2) is 49.8 Å². The van der Waals surface area contributed by atoms with E-state index in [1.54, 1.807) is 16.8 Å². The van der Waals surface area contributed by atoms with Crippen molar-refractivity contribution in [3.05, 3.63) is 95.6 Å². The summed E-state index contributed by atoms with van der Waals surface area (Å²) in [5.41, 5.74) is 5.95. The van der Waals surface area contributed by atoms with Gasteiger partial charge in [-0.05, 0) is 54.8 Å². The molecule has 4 aromatic rings. The number of carbonyl (C=O) groups is 2. The second-order valence-corrected chi connectivity index (χ2v) is 11.7. The molecule has 0 bridgehead atoms. The first kappa shape index (κ1) is 33.3. The van der Waals surface area contributed by atoms with Gasteiger partial charge in [0.1, 0.15) is 12.1 Å². The molecule has 2 aromatic heterocycles. The van der Waals surface area contributed by atoms with Crippen LogP contribution in [0.4, 0.5) is 53.1 Å². The normalized spacial score (nSPS) is 19.5. The van der Waals surface area contributed by atoms with E-state index in [4.69, 9.17) is 10.8 Å². The van der Waals surface area contributed by atoms with Crippen molar-refractivity contribution in [2.45, 2.75) is 37.7 Å². The number of carbonyl (C=O) groups excluding carboxylic acids is 2. The topological polar surface area (TPSA) is 143 Å². The first-order valence-corrected chi connectivity index (χ1v) is 15.0. The summed E-state index contributed by atoms with van der Waals surface area (Å²) in [5.74, 6) is -0.383. The molecular formula is C32H29F6N9O2. The second-order valence-electron chi connectivity index (χ2n) is 11.7. The van der Waals surface area contributed by atoms with Crippen LogP contribution in [0.3, 0.4) is 0 Å². The summed E-state index contributed by atoms with van der Waals surface area (Å²) in [5, 5.41) is 13.0. The van der Waals surface area contributed by atoms with Gasteiger partial charge in [0.05, 0.1) is 28.2 Å². The Labute approximate surface area is 274 Å². The van der Waals surface area contributed by atoms with Crippen molar-refractivity contribution in [1.82, 2.24) is 30.0 Å². The Morgan fingerprint density at radius 3 is 2.20 bits per heavy atom. The molecular weight excluding hydrogens is 656 g/mol. The molecule has 1 aliphatic heterocycles. The highest BCUT2D eigenvalue weighted by atomic mass is 19.4. The van der Waals surface area contributed by atoms with Crippen molar-refractivity contribution in [2.24, 2.45) is 5.92 Å². The van der Waals surface area contributed by atoms with Crippen molar-refractivity contribution in [2.75, 3.05) is 29.5 Å². The number of amides is 4. The molecule has 1 aliphatic carbocycles. The Hall–Kier alpha value is -5.61. The highest BCUT2D eigenvalue weighted by molar-refractivity contribution is 5.92. The molecule has 0 saturated carbocycles. The minimum Gasteiger partial charge on any atom is -0.383 e. The predicted molar refractivity (Wildman–Crippen MR) is 168 cm³/mol. The molecule has 2 unspecified atom stereocenters. The van der Waals surface area contributed by atoms with E-state index in [0.717, 1.165) is 24.3 Å². The van der Waals surface area contributed by atoms with Crippen LogP contribution in [0.1, 0.15) is 42.1 Å². The van der Waals surface area contributed by atoms with Crippen LogP contribution >= 0.6 is 0 Å². The maximum atomic E-state index is 13.1. The number of rotatable bonds is 5. The number of nitrogen functional groups attached to an aromatic ring is 1. The minimum atomic E-state index is -4.56. The van der Waals surface area contributed by atoms with Crippen molar-refractivity contribution in [3.8, 4) is 0 Å². The molecule has 5 N–H and O–H groups in total. The number of alkyl halides is 6. The number of nitrogens with one attached hydrogen (secondary N) is 3. The van der Waals surface area contributed by atoms with Crippen molar-refractivity contribution < 1.29 is 35.9 Å². The number of nitrogens with two attached hydrogens (primary N) is 1. The van der Waals surface area contributed by atoms with E-state index in [9.17, 15) is 35.9 Å². The molecule has 3 heterocycles. The van der Waals surface area contributed by atoms with Gasteiger partial charge >= 0.3 is 24.4 Å². The van der Waals surface area contributed by atoms with E-state index in [-0.39, 0.29) is 41.6 Å². The van der Waals surface area contributed by atoms with Gasteiger partial charge in [-0.3, -0.25) is 0 Å². The lowest BCUT2D eigenvalue weighted by atomic mass is 9.85. The standard InChI is InChI=1S/C32H29F6N9O2/c1-17-12-22(43-29(48)42-20-6-2-4-18(13-20)31(33,34)35)8-9-24(17)26-25-27(39)40-16-41-28(25)47(45-26)23-10-11-46(15-23)30(49)44-21-7-3-5-19(14-21)32(36,37)38/h2-9,12-14,16-17,23-24H,10-11,15H2,1H3,(H,44,49)(H2,39,40,41)(H2,42,43,48)/t17?,23-,24?/m0/s1. The number of fused-ring (bicyclic) bond motifs is 1. The van der Waals surface area contributed by atoms with Gasteiger partial charge in [-0.1, -0.05) is 31.2 Å². The first-order valence-electron chi connectivity index (χ1n) is 15.0. The molecule has 2 aromatic carbocycles. The number of urea groups is 2. The monoisotopic (exact) mass is 685 g/mol. The highest BCUT2D eigenvalue weighted by Crippen LogP contribution is 2.38. The number of hydrogen-bond donors (Lipinski definition) is 4. The molecule has 0 spiro atoms. The Kier molecular flexibility index (Phi) is 8.68. The van der Waals surface area contributed by atoms with Crippen molar-refractivity contribution in [3.63, 3.8) is 0 Å². The maximum absolute atomic E-state index is 13.1. The molecule has 11 nitrogen and oxygen atoms in total. The summed E-state index contributed by atoms with van der Waals surface area (Å²) < 4.78 is 80.3.